The predicted octanol–water partition coefficient (Wildman–Crippen LogP) is 1.11. The first-order valence-electron chi connectivity index (χ1n) is 4.72. The lowest BCUT2D eigenvalue weighted by Gasteiger charge is -2.34. The highest BCUT2D eigenvalue weighted by Crippen LogP contribution is 2.14. The molecular weight excluding hydrogens is 148 g/mol. The quantitative estimate of drug-likeness (QED) is 0.579. The van der Waals surface area contributed by atoms with Crippen LogP contribution in [0.2, 0.25) is 0 Å². The molecule has 2 nitrogen and oxygen atoms in total. The zero-order valence-corrected chi connectivity index (χ0v) is 8.51. The van der Waals surface area contributed by atoms with Crippen LogP contribution in [0, 0.1) is 6.92 Å². The highest BCUT2D eigenvalue weighted by atomic mass is 15.2. The van der Waals surface area contributed by atoms with E-state index in [1.807, 2.05) is 0 Å². The molecule has 2 heteroatoms. The van der Waals surface area contributed by atoms with Gasteiger partial charge in [0.15, 0.2) is 0 Å². The van der Waals surface area contributed by atoms with Crippen LogP contribution >= 0.6 is 0 Å². The summed E-state index contributed by atoms with van der Waals surface area (Å²) in [5.41, 5.74) is -0.148. The summed E-state index contributed by atoms with van der Waals surface area (Å²) in [7, 11) is 2.17. The lowest BCUT2D eigenvalue weighted by atomic mass is 10.1. The van der Waals surface area contributed by atoms with Crippen molar-refractivity contribution in [3.8, 4) is 0 Å². The van der Waals surface area contributed by atoms with E-state index in [2.05, 4.69) is 30.7 Å². The van der Waals surface area contributed by atoms with Crippen LogP contribution in [0.25, 0.3) is 0 Å². The molecule has 1 aliphatic rings. The van der Waals surface area contributed by atoms with Crippen molar-refractivity contribution in [3.63, 3.8) is 0 Å². The van der Waals surface area contributed by atoms with Crippen molar-refractivity contribution >= 4 is 0 Å². The Morgan fingerprint density at radius 3 is 2.33 bits per heavy atom. The molecule has 0 aromatic heterocycles. The van der Waals surface area contributed by atoms with E-state index in [4.69, 9.17) is 6.92 Å². The molecule has 1 heterocycles. The number of nitrogens with zero attached hydrogens (tertiary/aromatic N) is 2. The van der Waals surface area contributed by atoms with Gasteiger partial charge in [0.05, 0.1) is 0 Å². The van der Waals surface area contributed by atoms with Gasteiger partial charge in [0.1, 0.15) is 0 Å². The summed E-state index contributed by atoms with van der Waals surface area (Å²) in [6.45, 7) is 14.8. The number of likely N-dealkylation sites (N-methyl/N-ethyl adjacent to an activating group) is 1. The maximum Gasteiger partial charge on any atom is 0.0188 e. The van der Waals surface area contributed by atoms with Crippen LogP contribution in [0.1, 0.15) is 20.3 Å². The van der Waals surface area contributed by atoms with E-state index in [0.717, 1.165) is 19.6 Å². The summed E-state index contributed by atoms with van der Waals surface area (Å²) in [5, 5.41) is 0. The van der Waals surface area contributed by atoms with E-state index in [1.54, 1.807) is 0 Å². The predicted molar refractivity (Wildman–Crippen MR) is 52.1 cm³/mol. The fourth-order valence-corrected chi connectivity index (χ4v) is 1.62. The van der Waals surface area contributed by atoms with Gasteiger partial charge in [-0.25, -0.2) is 0 Å². The molecular formula is C10H20N2. The van der Waals surface area contributed by atoms with Gasteiger partial charge in [0.2, 0.25) is 0 Å². The monoisotopic (exact) mass is 168 g/mol. The first-order chi connectivity index (χ1) is 5.50. The van der Waals surface area contributed by atoms with Gasteiger partial charge in [-0.3, -0.25) is 4.90 Å². The second-order valence-electron chi connectivity index (χ2n) is 4.30. The fourth-order valence-electron chi connectivity index (χ4n) is 1.62. The van der Waals surface area contributed by atoms with Crippen LogP contribution in [0.3, 0.4) is 0 Å². The third-order valence-electron chi connectivity index (χ3n) is 2.53. The van der Waals surface area contributed by atoms with Crippen LogP contribution in [0.5, 0.6) is 0 Å². The van der Waals surface area contributed by atoms with Gasteiger partial charge >= 0.3 is 0 Å². The van der Waals surface area contributed by atoms with Crippen molar-refractivity contribution < 1.29 is 0 Å². The lowest BCUT2D eigenvalue weighted by molar-refractivity contribution is 0.165. The second kappa shape index (κ2) is 3.75. The topological polar surface area (TPSA) is 6.48 Å². The molecule has 0 aromatic carbocycles. The van der Waals surface area contributed by atoms with E-state index in [0.29, 0.717) is 0 Å². The molecule has 0 bridgehead atoms. The van der Waals surface area contributed by atoms with Gasteiger partial charge < -0.3 is 4.90 Å². The van der Waals surface area contributed by atoms with Crippen molar-refractivity contribution in [2.45, 2.75) is 25.8 Å². The molecule has 0 aromatic rings. The number of hydrogen-bond acceptors (Lipinski definition) is 2. The summed E-state index contributed by atoms with van der Waals surface area (Å²) in [5.74, 6) is 0. The van der Waals surface area contributed by atoms with Gasteiger partial charge in [-0.2, -0.15) is 0 Å². The van der Waals surface area contributed by atoms with Gasteiger partial charge in [-0.05, 0) is 47.3 Å². The largest absolute Gasteiger partial charge is 0.305 e. The fraction of sp³-hybridized carbons (Fsp3) is 0.900. The lowest BCUT2D eigenvalue weighted by Crippen LogP contribution is -2.43. The Morgan fingerprint density at radius 1 is 1.08 bits per heavy atom. The Labute approximate surface area is 76.5 Å². The average Bonchev–Trinajstić information content (AvgIpc) is 2.11. The summed E-state index contributed by atoms with van der Waals surface area (Å²) in [6, 6.07) is 0. The number of rotatable bonds is 1. The van der Waals surface area contributed by atoms with Crippen LogP contribution < -0.4 is 0 Å². The zero-order chi connectivity index (χ0) is 9.19. The Kier molecular flexibility index (Phi) is 3.13. The summed E-state index contributed by atoms with van der Waals surface area (Å²) >= 11 is 0. The first-order valence-corrected chi connectivity index (χ1v) is 4.72. The molecule has 1 rings (SSSR count). The van der Waals surface area contributed by atoms with E-state index >= 15 is 0 Å². The van der Waals surface area contributed by atoms with Gasteiger partial charge in [-0.1, -0.05) is 0 Å². The van der Waals surface area contributed by atoms with Crippen molar-refractivity contribution in [2.24, 2.45) is 0 Å². The van der Waals surface area contributed by atoms with Gasteiger partial charge in [0, 0.05) is 18.6 Å². The minimum absolute atomic E-state index is 0.148. The number of hydrogen-bond donors (Lipinski definition) is 0. The molecule has 0 unspecified atom stereocenters. The average molecular weight is 168 g/mol. The van der Waals surface area contributed by atoms with Crippen LogP contribution in [-0.2, 0) is 0 Å². The molecule has 12 heavy (non-hydrogen) atoms. The molecule has 0 amide bonds. The molecule has 1 aliphatic heterocycles. The molecule has 2 radical (unpaired) electrons. The highest BCUT2D eigenvalue weighted by Gasteiger charge is 2.22. The minimum atomic E-state index is -0.148. The van der Waals surface area contributed by atoms with Crippen LogP contribution in [0.4, 0.5) is 0 Å². The minimum Gasteiger partial charge on any atom is -0.305 e. The zero-order valence-electron chi connectivity index (χ0n) is 8.51. The highest BCUT2D eigenvalue weighted by molar-refractivity contribution is 4.85. The van der Waals surface area contributed by atoms with Gasteiger partial charge in [-0.15, -0.1) is 0 Å². The smallest absolute Gasteiger partial charge is 0.0188 e. The van der Waals surface area contributed by atoms with E-state index in [1.165, 1.54) is 13.0 Å². The maximum atomic E-state index is 6.03. The summed E-state index contributed by atoms with van der Waals surface area (Å²) < 4.78 is 0. The molecule has 0 saturated carbocycles. The normalized spacial score (nSPS) is 24.0. The molecule has 0 spiro atoms. The maximum absolute atomic E-state index is 6.03. The van der Waals surface area contributed by atoms with Gasteiger partial charge in [0.25, 0.3) is 0 Å². The molecule has 0 N–H and O–H groups in total. The SMILES string of the molecule is [CH]C(C)(C)N1CCCN(C)CC1. The summed E-state index contributed by atoms with van der Waals surface area (Å²) in [4.78, 5) is 4.72. The first kappa shape index (κ1) is 10.0. The third kappa shape index (κ3) is 2.76. The van der Waals surface area contributed by atoms with E-state index < -0.39 is 0 Å². The van der Waals surface area contributed by atoms with Crippen molar-refractivity contribution in [1.82, 2.24) is 9.80 Å². The Bertz CT molecular complexity index is 137. The van der Waals surface area contributed by atoms with Crippen LogP contribution in [0.15, 0.2) is 0 Å². The summed E-state index contributed by atoms with van der Waals surface area (Å²) in [6.07, 6.45) is 1.23. The Hall–Kier alpha value is -0.0800. The molecule has 0 atom stereocenters. The van der Waals surface area contributed by atoms with E-state index in [-0.39, 0.29) is 5.54 Å². The Morgan fingerprint density at radius 2 is 1.75 bits per heavy atom. The molecule has 0 aliphatic carbocycles. The molecule has 1 saturated heterocycles. The third-order valence-corrected chi connectivity index (χ3v) is 2.53. The van der Waals surface area contributed by atoms with Crippen molar-refractivity contribution in [2.75, 3.05) is 33.2 Å². The Balaban J connectivity index is 2.46. The van der Waals surface area contributed by atoms with Crippen molar-refractivity contribution in [1.29, 1.82) is 0 Å². The van der Waals surface area contributed by atoms with Crippen molar-refractivity contribution in [3.05, 3.63) is 6.92 Å². The van der Waals surface area contributed by atoms with Crippen LogP contribution in [-0.4, -0.2) is 48.6 Å². The second-order valence-corrected chi connectivity index (χ2v) is 4.30. The molecule has 1 fully saturated rings. The standard InChI is InChI=1S/C10H20N2/c1-10(2,3)12-7-5-6-11(4)8-9-12/h1H,5-9H2,2-4H3. The van der Waals surface area contributed by atoms with E-state index in [9.17, 15) is 0 Å². The molecule has 70 valence electrons.